The molecule has 16 heavy (non-hydrogen) atoms. The molecule has 0 radical (unpaired) electrons. The molecule has 1 rings (SSSR count). The van der Waals surface area contributed by atoms with Crippen molar-refractivity contribution in [2.75, 3.05) is 26.1 Å². The van der Waals surface area contributed by atoms with Gasteiger partial charge in [0.05, 0.1) is 13.2 Å². The molecule has 0 aliphatic heterocycles. The van der Waals surface area contributed by atoms with Gasteiger partial charge in [0, 0.05) is 18.5 Å². The molecule has 1 heterocycles. The molecule has 5 nitrogen and oxygen atoms in total. The van der Waals surface area contributed by atoms with Crippen LogP contribution in [0.2, 0.25) is 0 Å². The van der Waals surface area contributed by atoms with Gasteiger partial charge in [0.15, 0.2) is 10.8 Å². The standard InChI is InChI=1S/C10H16N2O3S/c1-6(14-3)5-11-10-12-8(7(2)16-10)9(13)15-4/h6H,5H2,1-4H3,(H,11,12). The molecule has 0 aliphatic carbocycles. The smallest absolute Gasteiger partial charge is 0.357 e. The maximum absolute atomic E-state index is 11.3. The number of nitrogens with zero attached hydrogens (tertiary/aromatic N) is 1. The number of rotatable bonds is 5. The van der Waals surface area contributed by atoms with Crippen LogP contribution in [0.1, 0.15) is 22.3 Å². The number of nitrogens with one attached hydrogen (secondary N) is 1. The summed E-state index contributed by atoms with van der Waals surface area (Å²) in [6.45, 7) is 4.45. The first-order valence-electron chi connectivity index (χ1n) is 4.91. The van der Waals surface area contributed by atoms with E-state index >= 15 is 0 Å². The predicted molar refractivity (Wildman–Crippen MR) is 63.2 cm³/mol. The number of thiazole rings is 1. The molecule has 1 N–H and O–H groups in total. The fourth-order valence-corrected chi connectivity index (χ4v) is 1.88. The highest BCUT2D eigenvalue weighted by Gasteiger charge is 2.15. The van der Waals surface area contributed by atoms with Gasteiger partial charge in [-0.2, -0.15) is 0 Å². The van der Waals surface area contributed by atoms with Crippen LogP contribution < -0.4 is 5.32 Å². The molecule has 0 aromatic carbocycles. The van der Waals surface area contributed by atoms with Crippen molar-refractivity contribution in [3.05, 3.63) is 10.6 Å². The Labute approximate surface area is 98.8 Å². The normalized spacial score (nSPS) is 12.2. The molecule has 0 aliphatic rings. The van der Waals surface area contributed by atoms with Crippen molar-refractivity contribution >= 4 is 22.4 Å². The fourth-order valence-electron chi connectivity index (χ4n) is 1.07. The number of carbonyl (C=O) groups is 1. The average Bonchev–Trinajstić information content (AvgIpc) is 2.66. The summed E-state index contributed by atoms with van der Waals surface area (Å²) in [6, 6.07) is 0. The fraction of sp³-hybridized carbons (Fsp3) is 0.600. The second-order valence-corrected chi connectivity index (χ2v) is 4.55. The van der Waals surface area contributed by atoms with Gasteiger partial charge in [-0.3, -0.25) is 0 Å². The van der Waals surface area contributed by atoms with Gasteiger partial charge in [0.2, 0.25) is 0 Å². The van der Waals surface area contributed by atoms with Gasteiger partial charge in [0.1, 0.15) is 0 Å². The van der Waals surface area contributed by atoms with Crippen molar-refractivity contribution in [3.63, 3.8) is 0 Å². The monoisotopic (exact) mass is 244 g/mol. The third-order valence-corrected chi connectivity index (χ3v) is 3.05. The Balaban J connectivity index is 2.66. The van der Waals surface area contributed by atoms with Crippen molar-refractivity contribution in [2.24, 2.45) is 0 Å². The number of hydrogen-bond donors (Lipinski definition) is 1. The van der Waals surface area contributed by atoms with Crippen LogP contribution in [0.5, 0.6) is 0 Å². The summed E-state index contributed by atoms with van der Waals surface area (Å²) in [5, 5.41) is 3.82. The predicted octanol–water partition coefficient (Wildman–Crippen LogP) is 1.68. The van der Waals surface area contributed by atoms with E-state index in [2.05, 4.69) is 15.0 Å². The van der Waals surface area contributed by atoms with Crippen molar-refractivity contribution in [2.45, 2.75) is 20.0 Å². The Bertz CT molecular complexity index is 365. The number of aryl methyl sites for hydroxylation is 1. The van der Waals surface area contributed by atoms with E-state index in [1.165, 1.54) is 18.4 Å². The molecule has 90 valence electrons. The lowest BCUT2D eigenvalue weighted by atomic mass is 10.4. The summed E-state index contributed by atoms with van der Waals surface area (Å²) >= 11 is 1.43. The summed E-state index contributed by atoms with van der Waals surface area (Å²) in [7, 11) is 3.00. The summed E-state index contributed by atoms with van der Waals surface area (Å²) in [4.78, 5) is 16.3. The SMILES string of the molecule is COC(=O)c1nc(NCC(C)OC)sc1C. The molecule has 0 amide bonds. The number of hydrogen-bond acceptors (Lipinski definition) is 6. The Morgan fingerprint density at radius 2 is 2.25 bits per heavy atom. The zero-order valence-corrected chi connectivity index (χ0v) is 10.7. The highest BCUT2D eigenvalue weighted by Crippen LogP contribution is 2.22. The second kappa shape index (κ2) is 5.81. The van der Waals surface area contributed by atoms with Gasteiger partial charge >= 0.3 is 5.97 Å². The summed E-state index contributed by atoms with van der Waals surface area (Å²) in [5.74, 6) is -0.401. The number of aromatic nitrogens is 1. The van der Waals surface area contributed by atoms with Crippen LogP contribution in [0, 0.1) is 6.92 Å². The zero-order chi connectivity index (χ0) is 12.1. The quantitative estimate of drug-likeness (QED) is 0.799. The van der Waals surface area contributed by atoms with Gasteiger partial charge < -0.3 is 14.8 Å². The molecule has 0 bridgehead atoms. The average molecular weight is 244 g/mol. The maximum atomic E-state index is 11.3. The molecule has 1 aromatic rings. The Morgan fingerprint density at radius 1 is 1.56 bits per heavy atom. The molecule has 1 aromatic heterocycles. The Hall–Kier alpha value is -1.14. The second-order valence-electron chi connectivity index (χ2n) is 3.34. The third kappa shape index (κ3) is 3.18. The topological polar surface area (TPSA) is 60.5 Å². The number of methoxy groups -OCH3 is 2. The van der Waals surface area contributed by atoms with E-state index in [1.807, 2.05) is 13.8 Å². The van der Waals surface area contributed by atoms with Crippen LogP contribution in [0.4, 0.5) is 5.13 Å². The lowest BCUT2D eigenvalue weighted by molar-refractivity contribution is 0.0594. The van der Waals surface area contributed by atoms with Crippen molar-refractivity contribution in [3.8, 4) is 0 Å². The molecular weight excluding hydrogens is 228 g/mol. The molecule has 0 saturated carbocycles. The van der Waals surface area contributed by atoms with Crippen molar-refractivity contribution < 1.29 is 14.3 Å². The highest BCUT2D eigenvalue weighted by atomic mass is 32.1. The molecular formula is C10H16N2O3S. The van der Waals surface area contributed by atoms with E-state index < -0.39 is 5.97 Å². The van der Waals surface area contributed by atoms with E-state index in [-0.39, 0.29) is 6.10 Å². The van der Waals surface area contributed by atoms with Crippen LogP contribution in [-0.4, -0.2) is 37.8 Å². The molecule has 0 saturated heterocycles. The number of carbonyl (C=O) groups excluding carboxylic acids is 1. The van der Waals surface area contributed by atoms with Gasteiger partial charge in [-0.05, 0) is 13.8 Å². The molecule has 1 atom stereocenters. The summed E-state index contributed by atoms with van der Waals surface area (Å²) in [6.07, 6.45) is 0.103. The number of anilines is 1. The Morgan fingerprint density at radius 3 is 2.81 bits per heavy atom. The summed E-state index contributed by atoms with van der Waals surface area (Å²) < 4.78 is 9.73. The van der Waals surface area contributed by atoms with Crippen molar-refractivity contribution in [1.29, 1.82) is 0 Å². The Kier molecular flexibility index (Phi) is 4.70. The molecule has 0 fully saturated rings. The van der Waals surface area contributed by atoms with E-state index in [0.717, 1.165) is 4.88 Å². The third-order valence-electron chi connectivity index (χ3n) is 2.12. The molecule has 1 unspecified atom stereocenters. The van der Waals surface area contributed by atoms with E-state index in [0.29, 0.717) is 17.4 Å². The maximum Gasteiger partial charge on any atom is 0.357 e. The van der Waals surface area contributed by atoms with Gasteiger partial charge in [-0.25, -0.2) is 9.78 Å². The van der Waals surface area contributed by atoms with Gasteiger partial charge in [-0.15, -0.1) is 11.3 Å². The van der Waals surface area contributed by atoms with Crippen molar-refractivity contribution in [1.82, 2.24) is 4.98 Å². The number of esters is 1. The molecule has 6 heteroatoms. The van der Waals surface area contributed by atoms with E-state index in [4.69, 9.17) is 4.74 Å². The lowest BCUT2D eigenvalue weighted by Crippen LogP contribution is -2.18. The van der Waals surface area contributed by atoms with Crippen LogP contribution in [0.15, 0.2) is 0 Å². The van der Waals surface area contributed by atoms with Crippen LogP contribution in [0.25, 0.3) is 0 Å². The van der Waals surface area contributed by atoms with Crippen LogP contribution in [0.3, 0.4) is 0 Å². The minimum atomic E-state index is -0.401. The summed E-state index contributed by atoms with van der Waals surface area (Å²) in [5.41, 5.74) is 0.375. The number of ether oxygens (including phenoxy) is 2. The lowest BCUT2D eigenvalue weighted by Gasteiger charge is -2.08. The van der Waals surface area contributed by atoms with Crippen LogP contribution in [-0.2, 0) is 9.47 Å². The van der Waals surface area contributed by atoms with Crippen LogP contribution >= 0.6 is 11.3 Å². The van der Waals surface area contributed by atoms with E-state index in [9.17, 15) is 4.79 Å². The first-order valence-corrected chi connectivity index (χ1v) is 5.72. The highest BCUT2D eigenvalue weighted by molar-refractivity contribution is 7.15. The van der Waals surface area contributed by atoms with Gasteiger partial charge in [-0.1, -0.05) is 0 Å². The minimum absolute atomic E-state index is 0.103. The zero-order valence-electron chi connectivity index (χ0n) is 9.86. The first-order chi connectivity index (χ1) is 7.58. The largest absolute Gasteiger partial charge is 0.464 e. The minimum Gasteiger partial charge on any atom is -0.464 e. The van der Waals surface area contributed by atoms with Gasteiger partial charge in [0.25, 0.3) is 0 Å². The van der Waals surface area contributed by atoms with E-state index in [1.54, 1.807) is 7.11 Å². The molecule has 0 spiro atoms. The first kappa shape index (κ1) is 12.9.